The molecule has 1 heterocycles. The number of nitrogens with zero attached hydrogens (tertiary/aromatic N) is 1. The average molecular weight is 234 g/mol. The van der Waals surface area contributed by atoms with Crippen LogP contribution < -0.4 is 0 Å². The van der Waals surface area contributed by atoms with Crippen LogP contribution >= 0.6 is 0 Å². The first-order valence-electron chi connectivity index (χ1n) is 6.95. The van der Waals surface area contributed by atoms with Crippen molar-refractivity contribution in [3.8, 4) is 0 Å². The maximum Gasteiger partial charge on any atom is 0.179 e. The fraction of sp³-hybridized carbons (Fsp3) is 0.667. The predicted octanol–water partition coefficient (Wildman–Crippen LogP) is 3.28. The molecule has 2 heteroatoms. The molecule has 2 nitrogen and oxygen atoms in total. The molecule has 2 aliphatic rings. The van der Waals surface area contributed by atoms with Crippen LogP contribution in [0.3, 0.4) is 0 Å². The van der Waals surface area contributed by atoms with Gasteiger partial charge in [-0.05, 0) is 19.3 Å². The number of rotatable bonds is 5. The number of allylic oxidation sites excluding steroid dienone is 3. The maximum atomic E-state index is 5.84. The molecule has 0 aromatic rings. The first kappa shape index (κ1) is 12.4. The smallest absolute Gasteiger partial charge is 0.179 e. The van der Waals surface area contributed by atoms with E-state index in [0.29, 0.717) is 0 Å². The van der Waals surface area contributed by atoms with Gasteiger partial charge in [-0.15, -0.1) is 6.58 Å². The largest absolute Gasteiger partial charge is 0.498 e. The molecule has 0 saturated carbocycles. The second-order valence-electron chi connectivity index (χ2n) is 4.93. The Morgan fingerprint density at radius 1 is 1.24 bits per heavy atom. The van der Waals surface area contributed by atoms with E-state index in [1.807, 2.05) is 6.08 Å². The lowest BCUT2D eigenvalue weighted by atomic mass is 10.0. The second kappa shape index (κ2) is 6.63. The number of ether oxygens (including phenoxy) is 1. The molecule has 94 valence electrons. The van der Waals surface area contributed by atoms with E-state index >= 15 is 0 Å². The number of unbranched alkanes of at least 4 members (excludes halogenated alkanes) is 1. The van der Waals surface area contributed by atoms with Crippen LogP contribution in [0.2, 0.25) is 0 Å². The van der Waals surface area contributed by atoms with Gasteiger partial charge in [0, 0.05) is 31.8 Å². The highest BCUT2D eigenvalue weighted by Crippen LogP contribution is 2.18. The van der Waals surface area contributed by atoms with Crippen LogP contribution in [0, 0.1) is 0 Å². The highest BCUT2D eigenvalue weighted by molar-refractivity contribution is 5.92. The Labute approximate surface area is 105 Å². The Balaban J connectivity index is 1.88. The molecule has 17 heavy (non-hydrogen) atoms. The SMILES string of the molecule is C=CCCCOC1=CC(=[N+]2CCCC2)CCC1. The molecule has 0 spiro atoms. The summed E-state index contributed by atoms with van der Waals surface area (Å²) < 4.78 is 8.37. The van der Waals surface area contributed by atoms with Gasteiger partial charge in [0.1, 0.15) is 18.8 Å². The normalized spacial score (nSPS) is 20.4. The van der Waals surface area contributed by atoms with Gasteiger partial charge in [0.05, 0.1) is 6.61 Å². The molecule has 1 aliphatic heterocycles. The quantitative estimate of drug-likeness (QED) is 0.404. The molecular weight excluding hydrogens is 210 g/mol. The zero-order valence-electron chi connectivity index (χ0n) is 10.8. The molecule has 0 bridgehead atoms. The van der Waals surface area contributed by atoms with Gasteiger partial charge >= 0.3 is 0 Å². The molecule has 0 amide bonds. The zero-order valence-corrected chi connectivity index (χ0v) is 10.8. The van der Waals surface area contributed by atoms with E-state index in [9.17, 15) is 0 Å². The topological polar surface area (TPSA) is 12.2 Å². The lowest BCUT2D eigenvalue weighted by Crippen LogP contribution is -2.19. The molecule has 0 N–H and O–H groups in total. The van der Waals surface area contributed by atoms with Gasteiger partial charge in [0.25, 0.3) is 0 Å². The summed E-state index contributed by atoms with van der Waals surface area (Å²) in [6, 6.07) is 0. The summed E-state index contributed by atoms with van der Waals surface area (Å²) in [6.07, 6.45) is 12.7. The molecule has 1 saturated heterocycles. The van der Waals surface area contributed by atoms with Crippen molar-refractivity contribution in [2.45, 2.75) is 44.9 Å². The van der Waals surface area contributed by atoms with Gasteiger partial charge in [0.15, 0.2) is 5.71 Å². The minimum Gasteiger partial charge on any atom is -0.498 e. The molecule has 1 aliphatic carbocycles. The summed E-state index contributed by atoms with van der Waals surface area (Å²) in [4.78, 5) is 0. The summed E-state index contributed by atoms with van der Waals surface area (Å²) in [5.41, 5.74) is 1.51. The first-order chi connectivity index (χ1) is 8.40. The Morgan fingerprint density at radius 2 is 2.06 bits per heavy atom. The predicted molar refractivity (Wildman–Crippen MR) is 71.6 cm³/mol. The summed E-state index contributed by atoms with van der Waals surface area (Å²) in [5.74, 6) is 1.20. The highest BCUT2D eigenvalue weighted by Gasteiger charge is 2.21. The van der Waals surface area contributed by atoms with E-state index in [4.69, 9.17) is 4.74 Å². The summed E-state index contributed by atoms with van der Waals surface area (Å²) >= 11 is 0. The summed E-state index contributed by atoms with van der Waals surface area (Å²) in [5, 5.41) is 0. The Bertz CT molecular complexity index is 320. The van der Waals surface area contributed by atoms with Crippen LogP contribution in [-0.4, -0.2) is 30.0 Å². The van der Waals surface area contributed by atoms with Crippen LogP contribution in [0.15, 0.2) is 24.5 Å². The third-order valence-electron chi connectivity index (χ3n) is 3.54. The molecule has 0 atom stereocenters. The fourth-order valence-electron chi connectivity index (χ4n) is 2.57. The monoisotopic (exact) mass is 234 g/mol. The zero-order chi connectivity index (χ0) is 11.9. The maximum absolute atomic E-state index is 5.84. The molecule has 0 aromatic carbocycles. The van der Waals surface area contributed by atoms with E-state index in [1.54, 1.807) is 0 Å². The Hall–Kier alpha value is -1.05. The first-order valence-corrected chi connectivity index (χ1v) is 6.95. The van der Waals surface area contributed by atoms with Crippen LogP contribution in [0.25, 0.3) is 0 Å². The van der Waals surface area contributed by atoms with E-state index in [-0.39, 0.29) is 0 Å². The van der Waals surface area contributed by atoms with E-state index in [2.05, 4.69) is 17.2 Å². The summed E-state index contributed by atoms with van der Waals surface area (Å²) in [7, 11) is 0. The van der Waals surface area contributed by atoms with Crippen LogP contribution in [0.1, 0.15) is 44.9 Å². The molecule has 0 radical (unpaired) electrons. The lowest BCUT2D eigenvalue weighted by Gasteiger charge is -2.14. The molecule has 0 unspecified atom stereocenters. The van der Waals surface area contributed by atoms with Crippen LogP contribution in [0.4, 0.5) is 0 Å². The van der Waals surface area contributed by atoms with Crippen molar-refractivity contribution in [1.29, 1.82) is 0 Å². The molecule has 0 aromatic heterocycles. The molecule has 2 rings (SSSR count). The van der Waals surface area contributed by atoms with Crippen molar-refractivity contribution in [2.75, 3.05) is 19.7 Å². The average Bonchev–Trinajstić information content (AvgIpc) is 2.89. The third kappa shape index (κ3) is 3.72. The Kier molecular flexibility index (Phi) is 4.84. The minimum absolute atomic E-state index is 0.838. The second-order valence-corrected chi connectivity index (χ2v) is 4.93. The van der Waals surface area contributed by atoms with Crippen molar-refractivity contribution < 1.29 is 9.31 Å². The van der Waals surface area contributed by atoms with Crippen molar-refractivity contribution in [3.05, 3.63) is 24.5 Å². The minimum atomic E-state index is 0.838. The van der Waals surface area contributed by atoms with Gasteiger partial charge in [-0.25, -0.2) is 4.58 Å². The van der Waals surface area contributed by atoms with Gasteiger partial charge in [-0.2, -0.15) is 0 Å². The van der Waals surface area contributed by atoms with Crippen LogP contribution in [0.5, 0.6) is 0 Å². The van der Waals surface area contributed by atoms with Crippen molar-refractivity contribution in [2.24, 2.45) is 0 Å². The summed E-state index contributed by atoms with van der Waals surface area (Å²) in [6.45, 7) is 7.06. The van der Waals surface area contributed by atoms with Gasteiger partial charge in [-0.3, -0.25) is 0 Å². The number of hydrogen-bond donors (Lipinski definition) is 0. The molecular formula is C15H24NO+. The van der Waals surface area contributed by atoms with Gasteiger partial charge in [0.2, 0.25) is 0 Å². The third-order valence-corrected chi connectivity index (χ3v) is 3.54. The van der Waals surface area contributed by atoms with E-state index in [1.165, 1.54) is 50.2 Å². The van der Waals surface area contributed by atoms with Crippen molar-refractivity contribution >= 4 is 5.71 Å². The standard InChI is InChI=1S/C15H24NO/c1-2-3-6-12-17-15-9-7-8-14(13-15)16-10-4-5-11-16/h2,13H,1,3-12H2/q+1. The van der Waals surface area contributed by atoms with Crippen LogP contribution in [-0.2, 0) is 4.74 Å². The molecule has 1 fully saturated rings. The van der Waals surface area contributed by atoms with E-state index < -0.39 is 0 Å². The van der Waals surface area contributed by atoms with Crippen molar-refractivity contribution in [1.82, 2.24) is 0 Å². The van der Waals surface area contributed by atoms with Crippen molar-refractivity contribution in [3.63, 3.8) is 0 Å². The van der Waals surface area contributed by atoms with Gasteiger partial charge < -0.3 is 4.74 Å². The fourth-order valence-corrected chi connectivity index (χ4v) is 2.57. The Morgan fingerprint density at radius 3 is 2.82 bits per heavy atom. The van der Waals surface area contributed by atoms with E-state index in [0.717, 1.165) is 25.9 Å². The highest BCUT2D eigenvalue weighted by atomic mass is 16.5. The number of hydrogen-bond acceptors (Lipinski definition) is 1. The van der Waals surface area contributed by atoms with Gasteiger partial charge in [-0.1, -0.05) is 6.08 Å². The lowest BCUT2D eigenvalue weighted by molar-refractivity contribution is -0.506.